The zero-order valence-corrected chi connectivity index (χ0v) is 40.5. The van der Waals surface area contributed by atoms with Crippen LogP contribution in [0.2, 0.25) is 0 Å². The minimum atomic E-state index is -2.70. The van der Waals surface area contributed by atoms with Crippen LogP contribution < -0.4 is 36.3 Å². The monoisotopic (exact) mass is 846 g/mol. The van der Waals surface area contributed by atoms with Crippen LogP contribution in [-0.2, 0) is 16.5 Å². The van der Waals surface area contributed by atoms with Gasteiger partial charge in [-0.05, 0) is 84.8 Å². The van der Waals surface area contributed by atoms with Crippen molar-refractivity contribution in [3.8, 4) is 0 Å². The molecule has 0 amide bonds. The molecule has 0 bridgehead atoms. The van der Waals surface area contributed by atoms with Gasteiger partial charge in [0.2, 0.25) is 18.1 Å². The zero-order valence-electron chi connectivity index (χ0n) is 34.7. The number of hydrogen-bond acceptors (Lipinski definition) is 4. The highest BCUT2D eigenvalue weighted by molar-refractivity contribution is 6.90. The SMILES string of the molecule is Cc1ccc([SiH](O[SiH](O[SiH](c2ccc(C)cc2)c2ccc(C)cc2)c2ccc(C)cc2)O[SiH](O[SiH](c2ccc(C)cc2)c2ccc(C)cc2)c2ccc(C)cc2)cc1. The molecule has 2 unspecified atom stereocenters. The summed E-state index contributed by atoms with van der Waals surface area (Å²) in [5, 5.41) is 8.23. The van der Waals surface area contributed by atoms with Gasteiger partial charge in [-0.25, -0.2) is 0 Å². The molecule has 0 saturated heterocycles. The van der Waals surface area contributed by atoms with Gasteiger partial charge >= 0.3 is 27.9 Å². The standard InChI is InChI=1S/C49H54O4Si5/c1-36-8-22-43(23-9-36)54(44-24-10-37(2)11-25-44)50-56(47-30-16-40(5)17-31-47)52-58(49-34-20-42(7)21-35-49)53-57(48-32-18-41(6)19-33-48)51-55(45-26-12-38(3)13-27-45)46-28-14-39(4)15-29-46/h8-35,54-58H,1-7H3. The van der Waals surface area contributed by atoms with E-state index in [4.69, 9.17) is 16.5 Å². The molecule has 294 valence electrons. The highest BCUT2D eigenvalue weighted by atomic mass is 28.4. The lowest BCUT2D eigenvalue weighted by Gasteiger charge is -2.31. The molecule has 0 saturated carbocycles. The van der Waals surface area contributed by atoms with Gasteiger partial charge in [-0.2, -0.15) is 0 Å². The van der Waals surface area contributed by atoms with Crippen LogP contribution in [0.1, 0.15) is 38.9 Å². The maximum absolute atomic E-state index is 7.56. The van der Waals surface area contributed by atoms with E-state index in [9.17, 15) is 0 Å². The van der Waals surface area contributed by atoms with Gasteiger partial charge in [0.25, 0.3) is 0 Å². The summed E-state index contributed by atoms with van der Waals surface area (Å²) in [7, 11) is -12.4. The van der Waals surface area contributed by atoms with E-state index in [1.165, 1.54) is 59.7 Å². The molecule has 7 aromatic rings. The molecular weight excluding hydrogens is 793 g/mol. The Morgan fingerprint density at radius 2 is 0.362 bits per heavy atom. The largest absolute Gasteiger partial charge is 0.430 e. The topological polar surface area (TPSA) is 36.9 Å². The molecule has 0 spiro atoms. The fourth-order valence-corrected chi connectivity index (χ4v) is 23.9. The minimum Gasteiger partial charge on any atom is -0.430 e. The van der Waals surface area contributed by atoms with Crippen LogP contribution in [0, 0.1) is 48.5 Å². The van der Waals surface area contributed by atoms with Gasteiger partial charge in [0.15, 0.2) is 0 Å². The van der Waals surface area contributed by atoms with Crippen molar-refractivity contribution in [1.82, 2.24) is 0 Å². The highest BCUT2D eigenvalue weighted by Crippen LogP contribution is 2.11. The van der Waals surface area contributed by atoms with Crippen molar-refractivity contribution in [3.63, 3.8) is 0 Å². The fraction of sp³-hybridized carbons (Fsp3) is 0.143. The Morgan fingerprint density at radius 1 is 0.207 bits per heavy atom. The first kappa shape index (κ1) is 41.6. The van der Waals surface area contributed by atoms with Crippen molar-refractivity contribution in [2.45, 2.75) is 48.5 Å². The third-order valence-electron chi connectivity index (χ3n) is 10.6. The fourth-order valence-electron chi connectivity index (χ4n) is 6.87. The van der Waals surface area contributed by atoms with Gasteiger partial charge in [0, 0.05) is 0 Å². The van der Waals surface area contributed by atoms with Crippen molar-refractivity contribution in [2.75, 3.05) is 0 Å². The summed E-state index contributed by atoms with van der Waals surface area (Å²) < 4.78 is 30.2. The Labute approximate surface area is 354 Å². The molecule has 0 aliphatic rings. The molecule has 7 rings (SSSR count). The lowest BCUT2D eigenvalue weighted by molar-refractivity contribution is 0.370. The lowest BCUT2D eigenvalue weighted by atomic mass is 10.2. The first-order valence-electron chi connectivity index (χ1n) is 20.2. The number of rotatable bonds is 15. The van der Waals surface area contributed by atoms with E-state index in [0.717, 1.165) is 15.6 Å². The zero-order chi connectivity index (χ0) is 40.6. The smallest absolute Gasteiger partial charge is 0.338 e. The highest BCUT2D eigenvalue weighted by Gasteiger charge is 2.35. The van der Waals surface area contributed by atoms with Gasteiger partial charge in [0.05, 0.1) is 0 Å². The van der Waals surface area contributed by atoms with Crippen LogP contribution in [0.15, 0.2) is 170 Å². The van der Waals surface area contributed by atoms with Crippen molar-refractivity contribution in [3.05, 3.63) is 209 Å². The van der Waals surface area contributed by atoms with Crippen LogP contribution in [0.5, 0.6) is 0 Å². The third-order valence-corrected chi connectivity index (χ3v) is 25.4. The van der Waals surface area contributed by atoms with E-state index in [-0.39, 0.29) is 0 Å². The second kappa shape index (κ2) is 19.5. The van der Waals surface area contributed by atoms with Crippen molar-refractivity contribution < 1.29 is 16.5 Å². The molecule has 4 nitrogen and oxygen atoms in total. The second-order valence-corrected chi connectivity index (χ2v) is 28.2. The van der Waals surface area contributed by atoms with Crippen LogP contribution in [0.25, 0.3) is 0 Å². The Balaban J connectivity index is 1.32. The van der Waals surface area contributed by atoms with E-state index in [2.05, 4.69) is 218 Å². The Morgan fingerprint density at radius 3 is 0.552 bits per heavy atom. The van der Waals surface area contributed by atoms with E-state index < -0.39 is 45.9 Å². The normalized spacial score (nSPS) is 13.1. The van der Waals surface area contributed by atoms with Crippen LogP contribution >= 0.6 is 0 Å². The first-order valence-corrected chi connectivity index (χ1v) is 28.0. The molecule has 0 aliphatic heterocycles. The summed E-state index contributed by atoms with van der Waals surface area (Å²) >= 11 is 0. The van der Waals surface area contributed by atoms with E-state index >= 15 is 0 Å². The van der Waals surface area contributed by atoms with Crippen LogP contribution in [-0.4, -0.2) is 45.9 Å². The van der Waals surface area contributed by atoms with E-state index in [0.29, 0.717) is 0 Å². The molecular formula is C49H54O4Si5. The van der Waals surface area contributed by atoms with E-state index in [1.54, 1.807) is 0 Å². The summed E-state index contributed by atoms with van der Waals surface area (Å²) in [5.41, 5.74) is 8.53. The molecule has 0 N–H and O–H groups in total. The predicted molar refractivity (Wildman–Crippen MR) is 256 cm³/mol. The summed E-state index contributed by atoms with van der Waals surface area (Å²) in [6.45, 7) is 14.9. The molecule has 0 aliphatic carbocycles. The van der Waals surface area contributed by atoms with Crippen LogP contribution in [0.4, 0.5) is 0 Å². The quantitative estimate of drug-likeness (QED) is 0.141. The van der Waals surface area contributed by atoms with Gasteiger partial charge < -0.3 is 16.5 Å². The number of aryl methyl sites for hydroxylation is 7. The van der Waals surface area contributed by atoms with Gasteiger partial charge in [-0.15, -0.1) is 0 Å². The molecule has 7 aromatic carbocycles. The van der Waals surface area contributed by atoms with Gasteiger partial charge in [-0.1, -0.05) is 209 Å². The van der Waals surface area contributed by atoms with Crippen molar-refractivity contribution in [2.24, 2.45) is 0 Å². The molecule has 58 heavy (non-hydrogen) atoms. The summed E-state index contributed by atoms with van der Waals surface area (Å²) in [5.74, 6) is 0. The molecule has 9 heteroatoms. The maximum Gasteiger partial charge on any atom is 0.338 e. The Hall–Kier alpha value is -4.54. The van der Waals surface area contributed by atoms with Crippen molar-refractivity contribution >= 4 is 82.2 Å². The molecule has 0 aromatic heterocycles. The molecule has 0 fully saturated rings. The first-order chi connectivity index (χ1) is 28.1. The van der Waals surface area contributed by atoms with Crippen LogP contribution in [0.3, 0.4) is 0 Å². The van der Waals surface area contributed by atoms with Crippen molar-refractivity contribution in [1.29, 1.82) is 0 Å². The third kappa shape index (κ3) is 10.9. The average Bonchev–Trinajstić information content (AvgIpc) is 3.23. The average molecular weight is 847 g/mol. The Kier molecular flexibility index (Phi) is 14.0. The molecule has 0 heterocycles. The summed E-state index contributed by atoms with van der Waals surface area (Å²) in [4.78, 5) is 0. The minimum absolute atomic E-state index is 1.08. The summed E-state index contributed by atoms with van der Waals surface area (Å²) in [6.07, 6.45) is 0. The second-order valence-electron chi connectivity index (χ2n) is 15.7. The maximum atomic E-state index is 7.56. The predicted octanol–water partition coefficient (Wildman–Crippen LogP) is 4.67. The van der Waals surface area contributed by atoms with Gasteiger partial charge in [0.1, 0.15) is 0 Å². The van der Waals surface area contributed by atoms with E-state index in [1.807, 2.05) is 0 Å². The molecule has 0 radical (unpaired) electrons. The number of hydrogen-bond donors (Lipinski definition) is 0. The summed E-state index contributed by atoms with van der Waals surface area (Å²) in [6, 6.07) is 61.7. The number of benzene rings is 7. The lowest BCUT2D eigenvalue weighted by Crippen LogP contribution is -2.59. The Bertz CT molecular complexity index is 2110. The molecule has 2 atom stereocenters. The van der Waals surface area contributed by atoms with Gasteiger partial charge in [-0.3, -0.25) is 0 Å².